The Labute approximate surface area is 77.6 Å². The van der Waals surface area contributed by atoms with E-state index < -0.39 is 0 Å². The molecule has 1 aromatic rings. The molecule has 3 nitrogen and oxygen atoms in total. The Morgan fingerprint density at radius 1 is 1.55 bits per heavy atom. The van der Waals surface area contributed by atoms with Crippen molar-refractivity contribution < 1.29 is 5.11 Å². The van der Waals surface area contributed by atoms with Crippen LogP contribution in [0.4, 0.5) is 0 Å². The highest BCUT2D eigenvalue weighted by Crippen LogP contribution is 1.98. The number of pyridine rings is 1. The first-order chi connectivity index (χ1) is 5.24. The van der Waals surface area contributed by atoms with Crippen LogP contribution >= 0.6 is 22.6 Å². The Morgan fingerprint density at radius 3 is 2.82 bits per heavy atom. The first-order valence-corrected chi connectivity index (χ1v) is 4.30. The van der Waals surface area contributed by atoms with Gasteiger partial charge in [-0.1, -0.05) is 6.07 Å². The third kappa shape index (κ3) is 2.30. The van der Waals surface area contributed by atoms with E-state index >= 15 is 0 Å². The molecule has 0 saturated heterocycles. The van der Waals surface area contributed by atoms with Crippen LogP contribution in [-0.4, -0.2) is 16.7 Å². The molecule has 1 aromatic heterocycles. The minimum absolute atomic E-state index is 0.0175. The maximum absolute atomic E-state index is 11.1. The van der Waals surface area contributed by atoms with Gasteiger partial charge in [-0.3, -0.25) is 4.79 Å². The fourth-order valence-electron chi connectivity index (χ4n) is 0.797. The second-order valence-corrected chi connectivity index (χ2v) is 3.30. The van der Waals surface area contributed by atoms with Gasteiger partial charge in [0.1, 0.15) is 0 Å². The van der Waals surface area contributed by atoms with Crippen LogP contribution in [0.2, 0.25) is 0 Å². The van der Waals surface area contributed by atoms with Gasteiger partial charge in [-0.15, -0.1) is 0 Å². The summed E-state index contributed by atoms with van der Waals surface area (Å²) in [5.41, 5.74) is 0.527. The average molecular weight is 265 g/mol. The molecule has 2 N–H and O–H groups in total. The van der Waals surface area contributed by atoms with Gasteiger partial charge in [0.25, 0.3) is 5.56 Å². The molecule has 0 aliphatic heterocycles. The van der Waals surface area contributed by atoms with Crippen molar-refractivity contribution in [2.75, 3.05) is 6.61 Å². The molecular formula is C7H8INO2. The van der Waals surface area contributed by atoms with Crippen molar-refractivity contribution in [2.24, 2.45) is 0 Å². The monoisotopic (exact) mass is 265 g/mol. The van der Waals surface area contributed by atoms with Crippen molar-refractivity contribution >= 4 is 22.6 Å². The predicted octanol–water partition coefficient (Wildman–Crippen LogP) is 0.514. The summed E-state index contributed by atoms with van der Waals surface area (Å²) in [6.45, 7) is 0.0175. The molecule has 1 rings (SSSR count). The summed E-state index contributed by atoms with van der Waals surface area (Å²) in [5, 5.41) is 8.56. The number of halogens is 1. The van der Waals surface area contributed by atoms with Crippen molar-refractivity contribution in [1.29, 1.82) is 0 Å². The van der Waals surface area contributed by atoms with Gasteiger partial charge < -0.3 is 10.1 Å². The Hall–Kier alpha value is -0.360. The lowest BCUT2D eigenvalue weighted by Crippen LogP contribution is -2.14. The van der Waals surface area contributed by atoms with Gasteiger partial charge in [-0.05, 0) is 28.7 Å². The van der Waals surface area contributed by atoms with Crippen LogP contribution in [-0.2, 0) is 6.42 Å². The minimum atomic E-state index is -0.106. The Morgan fingerprint density at radius 2 is 2.27 bits per heavy atom. The molecule has 1 heterocycles. The molecule has 0 radical (unpaired) electrons. The first-order valence-electron chi connectivity index (χ1n) is 3.22. The number of hydrogen-bond acceptors (Lipinski definition) is 2. The lowest BCUT2D eigenvalue weighted by molar-refractivity contribution is 0.299. The Bertz CT molecular complexity index is 295. The van der Waals surface area contributed by atoms with Gasteiger partial charge in [0.05, 0.1) is 3.70 Å². The third-order valence-electron chi connectivity index (χ3n) is 1.34. The SMILES string of the molecule is O=c1[nH]c(I)ccc1CCO. The lowest BCUT2D eigenvalue weighted by Gasteiger charge is -1.95. The van der Waals surface area contributed by atoms with Gasteiger partial charge in [-0.2, -0.15) is 0 Å². The molecule has 0 amide bonds. The zero-order valence-corrected chi connectivity index (χ0v) is 7.96. The summed E-state index contributed by atoms with van der Waals surface area (Å²) in [4.78, 5) is 13.7. The van der Waals surface area contributed by atoms with Crippen LogP contribution in [0.25, 0.3) is 0 Å². The third-order valence-corrected chi connectivity index (χ3v) is 1.97. The predicted molar refractivity (Wildman–Crippen MR) is 50.6 cm³/mol. The van der Waals surface area contributed by atoms with Crippen LogP contribution in [0.3, 0.4) is 0 Å². The second kappa shape index (κ2) is 3.87. The van der Waals surface area contributed by atoms with E-state index in [1.165, 1.54) is 0 Å². The molecule has 0 fully saturated rings. The quantitative estimate of drug-likeness (QED) is 0.605. The van der Waals surface area contributed by atoms with Crippen molar-refractivity contribution in [3.05, 3.63) is 31.8 Å². The fraction of sp³-hybridized carbons (Fsp3) is 0.286. The van der Waals surface area contributed by atoms with E-state index in [9.17, 15) is 4.79 Å². The summed E-state index contributed by atoms with van der Waals surface area (Å²) in [6.07, 6.45) is 0.423. The Balaban J connectivity index is 3.00. The highest BCUT2D eigenvalue weighted by atomic mass is 127. The van der Waals surface area contributed by atoms with Gasteiger partial charge >= 0.3 is 0 Å². The van der Waals surface area contributed by atoms with E-state index in [2.05, 4.69) is 4.98 Å². The molecule has 0 aromatic carbocycles. The molecule has 0 saturated carbocycles. The fourth-order valence-corrected chi connectivity index (χ4v) is 1.22. The smallest absolute Gasteiger partial charge is 0.252 e. The van der Waals surface area contributed by atoms with E-state index in [-0.39, 0.29) is 12.2 Å². The van der Waals surface area contributed by atoms with Crippen LogP contribution in [0.15, 0.2) is 16.9 Å². The van der Waals surface area contributed by atoms with Crippen LogP contribution in [0.1, 0.15) is 5.56 Å². The maximum atomic E-state index is 11.1. The first kappa shape index (κ1) is 8.73. The molecule has 0 spiro atoms. The number of hydrogen-bond donors (Lipinski definition) is 2. The number of rotatable bonds is 2. The van der Waals surface area contributed by atoms with Gasteiger partial charge in [0.15, 0.2) is 0 Å². The molecule has 11 heavy (non-hydrogen) atoms. The number of aromatic amines is 1. The van der Waals surface area contributed by atoms with Crippen LogP contribution in [0.5, 0.6) is 0 Å². The van der Waals surface area contributed by atoms with Crippen LogP contribution < -0.4 is 5.56 Å². The van der Waals surface area contributed by atoms with E-state index in [1.807, 2.05) is 28.7 Å². The van der Waals surface area contributed by atoms with Crippen molar-refractivity contribution in [3.63, 3.8) is 0 Å². The van der Waals surface area contributed by atoms with Crippen molar-refractivity contribution in [3.8, 4) is 0 Å². The summed E-state index contributed by atoms with van der Waals surface area (Å²) >= 11 is 2.03. The molecule has 0 atom stereocenters. The summed E-state index contributed by atoms with van der Waals surface area (Å²) in [5.74, 6) is 0. The normalized spacial score (nSPS) is 10.0. The molecule has 4 heteroatoms. The maximum Gasteiger partial charge on any atom is 0.252 e. The summed E-state index contributed by atoms with van der Waals surface area (Å²) in [7, 11) is 0. The minimum Gasteiger partial charge on any atom is -0.396 e. The number of aliphatic hydroxyl groups is 1. The van der Waals surface area contributed by atoms with Gasteiger partial charge in [-0.25, -0.2) is 0 Å². The lowest BCUT2D eigenvalue weighted by atomic mass is 10.2. The number of aromatic nitrogens is 1. The van der Waals surface area contributed by atoms with Crippen molar-refractivity contribution in [2.45, 2.75) is 6.42 Å². The molecule has 0 unspecified atom stereocenters. The summed E-state index contributed by atoms with van der Waals surface area (Å²) in [6, 6.07) is 3.55. The average Bonchev–Trinajstić information content (AvgIpc) is 1.95. The van der Waals surface area contributed by atoms with Crippen LogP contribution in [0, 0.1) is 3.70 Å². The number of aliphatic hydroxyl groups excluding tert-OH is 1. The number of H-pyrrole nitrogens is 1. The highest BCUT2D eigenvalue weighted by Gasteiger charge is 1.97. The highest BCUT2D eigenvalue weighted by molar-refractivity contribution is 14.1. The molecule has 0 aliphatic carbocycles. The molecule has 60 valence electrons. The van der Waals surface area contributed by atoms with E-state index in [4.69, 9.17) is 5.11 Å². The molecular weight excluding hydrogens is 257 g/mol. The Kier molecular flexibility index (Phi) is 3.07. The van der Waals surface area contributed by atoms with Gasteiger partial charge in [0, 0.05) is 18.6 Å². The molecule has 0 aliphatic rings. The standard InChI is InChI=1S/C7H8INO2/c8-6-2-1-5(3-4-10)7(11)9-6/h1-2,10H,3-4H2,(H,9,11). The topological polar surface area (TPSA) is 53.1 Å². The second-order valence-electron chi connectivity index (χ2n) is 2.13. The van der Waals surface area contributed by atoms with E-state index in [1.54, 1.807) is 6.07 Å². The largest absolute Gasteiger partial charge is 0.396 e. The van der Waals surface area contributed by atoms with E-state index in [0.29, 0.717) is 12.0 Å². The molecule has 0 bridgehead atoms. The van der Waals surface area contributed by atoms with E-state index in [0.717, 1.165) is 3.70 Å². The summed E-state index contributed by atoms with van der Waals surface area (Å²) < 4.78 is 0.814. The number of nitrogens with one attached hydrogen (secondary N) is 1. The van der Waals surface area contributed by atoms with Gasteiger partial charge in [0.2, 0.25) is 0 Å². The van der Waals surface area contributed by atoms with Crippen molar-refractivity contribution in [1.82, 2.24) is 4.98 Å². The zero-order valence-electron chi connectivity index (χ0n) is 5.80. The zero-order chi connectivity index (χ0) is 8.27.